The van der Waals surface area contributed by atoms with Gasteiger partial charge in [-0.15, -0.1) is 0 Å². The normalized spacial score (nSPS) is 12.2. The van der Waals surface area contributed by atoms with Crippen molar-refractivity contribution in [2.24, 2.45) is 0 Å². The largest absolute Gasteiger partial charge is 0.462 e. The highest BCUT2D eigenvalue weighted by Crippen LogP contribution is 2.18. The Morgan fingerprint density at radius 3 is 0.747 bits per heavy atom. The van der Waals surface area contributed by atoms with Gasteiger partial charge >= 0.3 is 17.9 Å². The van der Waals surface area contributed by atoms with Crippen molar-refractivity contribution < 1.29 is 28.6 Å². The zero-order chi connectivity index (χ0) is 54.3. The molecule has 0 aromatic rings. The number of unbranched alkanes of at least 4 members (excludes halogenated alkanes) is 45. The van der Waals surface area contributed by atoms with Crippen molar-refractivity contribution in [3.63, 3.8) is 0 Å². The van der Waals surface area contributed by atoms with Crippen molar-refractivity contribution in [1.29, 1.82) is 0 Å². The summed E-state index contributed by atoms with van der Waals surface area (Å²) in [5.74, 6) is -0.852. The first-order chi connectivity index (χ1) is 37.0. The van der Waals surface area contributed by atoms with Gasteiger partial charge in [-0.05, 0) is 57.8 Å². The summed E-state index contributed by atoms with van der Waals surface area (Å²) in [7, 11) is 0. The second-order valence-electron chi connectivity index (χ2n) is 22.7. The van der Waals surface area contributed by atoms with Gasteiger partial charge in [0.15, 0.2) is 6.10 Å². The van der Waals surface area contributed by atoms with Gasteiger partial charge in [0.1, 0.15) is 13.2 Å². The molecule has 0 aromatic carbocycles. The molecule has 1 atom stereocenters. The molecule has 0 rings (SSSR count). The van der Waals surface area contributed by atoms with Crippen molar-refractivity contribution >= 4 is 17.9 Å². The zero-order valence-electron chi connectivity index (χ0n) is 50.6. The van der Waals surface area contributed by atoms with E-state index in [1.165, 1.54) is 257 Å². The smallest absolute Gasteiger partial charge is 0.306 e. The van der Waals surface area contributed by atoms with E-state index >= 15 is 0 Å². The first-order valence-electron chi connectivity index (χ1n) is 33.5. The maximum absolute atomic E-state index is 12.9. The van der Waals surface area contributed by atoms with E-state index in [0.717, 1.165) is 70.6 Å². The van der Waals surface area contributed by atoms with Gasteiger partial charge in [0.2, 0.25) is 0 Å². The van der Waals surface area contributed by atoms with E-state index in [1.54, 1.807) is 0 Å². The Hall–Kier alpha value is -2.37. The molecule has 1 unspecified atom stereocenters. The first kappa shape index (κ1) is 72.6. The molecule has 0 amide bonds. The second-order valence-corrected chi connectivity index (χ2v) is 22.7. The summed E-state index contributed by atoms with van der Waals surface area (Å²) < 4.78 is 16.9. The molecule has 0 aliphatic heterocycles. The minimum atomic E-state index is -0.769. The van der Waals surface area contributed by atoms with Crippen LogP contribution < -0.4 is 0 Å². The summed E-state index contributed by atoms with van der Waals surface area (Å²) in [6, 6.07) is 0. The molecule has 0 bridgehead atoms. The van der Waals surface area contributed by atoms with E-state index < -0.39 is 6.10 Å². The Morgan fingerprint density at radius 2 is 0.480 bits per heavy atom. The van der Waals surface area contributed by atoms with Crippen LogP contribution in [0.2, 0.25) is 0 Å². The predicted molar refractivity (Wildman–Crippen MR) is 326 cm³/mol. The molecule has 0 aliphatic rings. The molecular weight excluding hydrogens is 925 g/mol. The van der Waals surface area contributed by atoms with Gasteiger partial charge in [0.05, 0.1) is 0 Å². The predicted octanol–water partition coefficient (Wildman–Crippen LogP) is 22.8. The van der Waals surface area contributed by atoms with Gasteiger partial charge in [-0.2, -0.15) is 0 Å². The van der Waals surface area contributed by atoms with E-state index in [2.05, 4.69) is 57.2 Å². The van der Waals surface area contributed by atoms with Crippen LogP contribution in [0.3, 0.4) is 0 Å². The van der Waals surface area contributed by atoms with Crippen LogP contribution in [-0.2, 0) is 28.6 Å². The summed E-state index contributed by atoms with van der Waals surface area (Å²) in [5, 5.41) is 0. The van der Waals surface area contributed by atoms with Crippen LogP contribution in [0.4, 0.5) is 0 Å². The maximum atomic E-state index is 12.9. The summed E-state index contributed by atoms with van der Waals surface area (Å²) >= 11 is 0. The fourth-order valence-corrected chi connectivity index (χ4v) is 10.1. The third-order valence-electron chi connectivity index (χ3n) is 15.1. The minimum absolute atomic E-state index is 0.0685. The van der Waals surface area contributed by atoms with E-state index in [9.17, 15) is 14.4 Å². The molecule has 75 heavy (non-hydrogen) atoms. The van der Waals surface area contributed by atoms with Crippen LogP contribution in [-0.4, -0.2) is 37.2 Å². The number of rotatable bonds is 62. The van der Waals surface area contributed by atoms with Crippen LogP contribution >= 0.6 is 0 Å². The Morgan fingerprint density at radius 1 is 0.267 bits per heavy atom. The number of hydrogen-bond donors (Lipinski definition) is 0. The van der Waals surface area contributed by atoms with Gasteiger partial charge in [-0.25, -0.2) is 0 Å². The highest BCUT2D eigenvalue weighted by Gasteiger charge is 2.19. The number of esters is 3. The lowest BCUT2D eigenvalue weighted by Crippen LogP contribution is -2.30. The first-order valence-corrected chi connectivity index (χ1v) is 33.5. The molecule has 440 valence electrons. The number of allylic oxidation sites excluding steroid dienone is 6. The van der Waals surface area contributed by atoms with E-state index in [1.807, 2.05) is 0 Å². The van der Waals surface area contributed by atoms with Crippen molar-refractivity contribution in [3.8, 4) is 0 Å². The van der Waals surface area contributed by atoms with Crippen LogP contribution in [0.25, 0.3) is 0 Å². The summed E-state index contributed by atoms with van der Waals surface area (Å²) in [4.78, 5) is 38.2. The van der Waals surface area contributed by atoms with E-state index in [-0.39, 0.29) is 31.1 Å². The van der Waals surface area contributed by atoms with Gasteiger partial charge in [-0.3, -0.25) is 14.4 Å². The van der Waals surface area contributed by atoms with Crippen LogP contribution in [0.5, 0.6) is 0 Å². The topological polar surface area (TPSA) is 78.9 Å². The molecule has 0 spiro atoms. The standard InChI is InChI=1S/C69H128O6/c1-4-7-10-13-16-19-21-23-25-27-29-31-33-35-37-38-40-42-44-46-48-50-53-56-59-62-68(71)74-65-66(64-73-67(70)61-58-55-52-18-15-12-9-6-3)75-69(72)63-60-57-54-51-49-47-45-43-41-39-36-34-32-30-28-26-24-22-20-17-14-11-8-5-2/h21,23,27,29,33,35,66H,4-20,22,24-26,28,30-32,34,36-65H2,1-3H3/b23-21-,29-27-,35-33-. The lowest BCUT2D eigenvalue weighted by Gasteiger charge is -2.18. The molecule has 6 heteroatoms. The molecule has 0 saturated carbocycles. The SMILES string of the molecule is CCCCCCC/C=C\C/C=C\C/C=C\CCCCCCCCCCCCC(=O)OCC(COC(=O)CCCCCCCCCC)OC(=O)CCCCCCCCCCCCCCCCCCCCCCCCCC. The molecule has 0 heterocycles. The Bertz CT molecular complexity index is 1250. The third kappa shape index (κ3) is 62.4. The lowest BCUT2D eigenvalue weighted by atomic mass is 10.0. The lowest BCUT2D eigenvalue weighted by molar-refractivity contribution is -0.167. The molecule has 6 nitrogen and oxygen atoms in total. The minimum Gasteiger partial charge on any atom is -0.462 e. The van der Waals surface area contributed by atoms with Crippen molar-refractivity contribution in [2.45, 2.75) is 374 Å². The number of ether oxygens (including phenoxy) is 3. The van der Waals surface area contributed by atoms with Gasteiger partial charge in [-0.1, -0.05) is 327 Å². The van der Waals surface area contributed by atoms with Crippen molar-refractivity contribution in [2.75, 3.05) is 13.2 Å². The molecule has 0 N–H and O–H groups in total. The van der Waals surface area contributed by atoms with Gasteiger partial charge < -0.3 is 14.2 Å². The third-order valence-corrected chi connectivity index (χ3v) is 15.1. The van der Waals surface area contributed by atoms with Gasteiger partial charge in [0, 0.05) is 19.3 Å². The molecule has 0 aromatic heterocycles. The molecule has 0 saturated heterocycles. The Kier molecular flexibility index (Phi) is 62.1. The van der Waals surface area contributed by atoms with Crippen LogP contribution in [0, 0.1) is 0 Å². The monoisotopic (exact) mass is 1050 g/mol. The highest BCUT2D eigenvalue weighted by atomic mass is 16.6. The molecule has 0 fully saturated rings. The quantitative estimate of drug-likeness (QED) is 0.0261. The zero-order valence-corrected chi connectivity index (χ0v) is 50.6. The van der Waals surface area contributed by atoms with Crippen molar-refractivity contribution in [3.05, 3.63) is 36.5 Å². The maximum Gasteiger partial charge on any atom is 0.306 e. The van der Waals surface area contributed by atoms with Crippen LogP contribution in [0.15, 0.2) is 36.5 Å². The molecular formula is C69H128O6. The molecule has 0 aliphatic carbocycles. The Labute approximate surface area is 467 Å². The van der Waals surface area contributed by atoms with Crippen molar-refractivity contribution in [1.82, 2.24) is 0 Å². The second kappa shape index (κ2) is 64.2. The summed E-state index contributed by atoms with van der Waals surface area (Å²) in [5.41, 5.74) is 0. The Balaban J connectivity index is 4.12. The van der Waals surface area contributed by atoms with Crippen LogP contribution in [0.1, 0.15) is 367 Å². The fourth-order valence-electron chi connectivity index (χ4n) is 10.1. The number of hydrogen-bond acceptors (Lipinski definition) is 6. The average molecular weight is 1050 g/mol. The number of carbonyl (C=O) groups is 3. The average Bonchev–Trinajstić information content (AvgIpc) is 3.41. The number of carbonyl (C=O) groups excluding carboxylic acids is 3. The molecule has 0 radical (unpaired) electrons. The summed E-state index contributed by atoms with van der Waals surface area (Å²) in [6.07, 6.45) is 79.0. The summed E-state index contributed by atoms with van der Waals surface area (Å²) in [6.45, 7) is 6.66. The highest BCUT2D eigenvalue weighted by molar-refractivity contribution is 5.71. The van der Waals surface area contributed by atoms with E-state index in [4.69, 9.17) is 14.2 Å². The van der Waals surface area contributed by atoms with Gasteiger partial charge in [0.25, 0.3) is 0 Å². The van der Waals surface area contributed by atoms with E-state index in [0.29, 0.717) is 19.3 Å². The fraction of sp³-hybridized carbons (Fsp3) is 0.870.